The number of fused-ring (bicyclic) bond motifs is 10. The number of carbonyl (C=O) groups is 1. The Morgan fingerprint density at radius 2 is 1.79 bits per heavy atom. The fourth-order valence-electron chi connectivity index (χ4n) is 5.86. The number of aromatic nitrogens is 2. The summed E-state index contributed by atoms with van der Waals surface area (Å²) in [5, 5.41) is 22.4. The number of nitriles is 1. The van der Waals surface area contributed by atoms with Crippen LogP contribution in [0.25, 0.3) is 66.3 Å². The van der Waals surface area contributed by atoms with Gasteiger partial charge < -0.3 is 23.8 Å². The van der Waals surface area contributed by atoms with Crippen LogP contribution in [0.2, 0.25) is 0 Å². The molecule has 8 nitrogen and oxygen atoms in total. The van der Waals surface area contributed by atoms with Gasteiger partial charge >= 0.3 is 5.97 Å². The molecule has 0 fully saturated rings. The van der Waals surface area contributed by atoms with Crippen molar-refractivity contribution in [3.05, 3.63) is 72.3 Å². The van der Waals surface area contributed by atoms with E-state index < -0.39 is 5.97 Å². The number of nitrogens with zero attached hydrogens (tertiary/aromatic N) is 3. The second-order valence-corrected chi connectivity index (χ2v) is 10.6. The molecule has 0 amide bonds. The van der Waals surface area contributed by atoms with Crippen LogP contribution in [0.4, 0.5) is 5.69 Å². The van der Waals surface area contributed by atoms with Crippen LogP contribution < -0.4 is 4.90 Å². The van der Waals surface area contributed by atoms with Gasteiger partial charge in [0.2, 0.25) is 5.89 Å². The summed E-state index contributed by atoms with van der Waals surface area (Å²) in [6, 6.07) is 23.8. The molecule has 0 aliphatic heterocycles. The van der Waals surface area contributed by atoms with Gasteiger partial charge in [-0.3, -0.25) is 4.79 Å². The molecule has 0 bridgehead atoms. The van der Waals surface area contributed by atoms with Crippen molar-refractivity contribution in [1.82, 2.24) is 9.97 Å². The number of rotatable bonds is 9. The van der Waals surface area contributed by atoms with E-state index in [1.165, 1.54) is 0 Å². The van der Waals surface area contributed by atoms with Gasteiger partial charge in [-0.25, -0.2) is 4.98 Å². The molecule has 0 saturated carbocycles. The molecule has 0 saturated heterocycles. The van der Waals surface area contributed by atoms with Crippen molar-refractivity contribution in [3.63, 3.8) is 0 Å². The molecule has 42 heavy (non-hydrogen) atoms. The van der Waals surface area contributed by atoms with Crippen LogP contribution in [0.5, 0.6) is 0 Å². The molecule has 3 aromatic heterocycles. The van der Waals surface area contributed by atoms with Gasteiger partial charge in [0.1, 0.15) is 5.58 Å². The van der Waals surface area contributed by atoms with Crippen molar-refractivity contribution in [1.29, 1.82) is 5.26 Å². The SMILES string of the molecule is CCCCN(CCCC(=O)O)c1ccc2c(c1)oc1c3nc(-c4ccc(C#N)cc4)oc3c3[nH]c4ccccc4c3c21. The van der Waals surface area contributed by atoms with Gasteiger partial charge in [-0.05, 0) is 55.3 Å². The number of aliphatic carboxylic acids is 1. The third kappa shape index (κ3) is 4.22. The number of nitrogens with one attached hydrogen (secondary N) is 1. The van der Waals surface area contributed by atoms with E-state index in [9.17, 15) is 10.1 Å². The zero-order valence-corrected chi connectivity index (χ0v) is 23.1. The summed E-state index contributed by atoms with van der Waals surface area (Å²) in [4.78, 5) is 21.9. The molecule has 0 aliphatic rings. The van der Waals surface area contributed by atoms with Gasteiger partial charge in [0.25, 0.3) is 0 Å². The normalized spacial score (nSPS) is 11.7. The van der Waals surface area contributed by atoms with Crippen LogP contribution in [-0.4, -0.2) is 34.1 Å². The number of para-hydroxylation sites is 1. The standard InChI is InChI=1S/C34H28N4O4/c1-2-3-16-38(17-6-9-27(39)40)22-14-15-24-26(18-22)41-32-29(24)28-23-7-4-5-8-25(23)36-30(28)33-31(32)37-34(42-33)21-12-10-20(19-35)11-13-21/h4-5,7-8,10-15,18,36H,2-3,6,9,16-17H2,1H3,(H,39,40). The maximum Gasteiger partial charge on any atom is 0.303 e. The fraction of sp³-hybridized carbons (Fsp3) is 0.206. The number of unbranched alkanes of at least 4 members (excludes halogenated alkanes) is 1. The highest BCUT2D eigenvalue weighted by molar-refractivity contribution is 6.34. The molecule has 0 radical (unpaired) electrons. The highest BCUT2D eigenvalue weighted by atomic mass is 16.4. The predicted octanol–water partition coefficient (Wildman–Crippen LogP) is 8.37. The van der Waals surface area contributed by atoms with Crippen LogP contribution in [-0.2, 0) is 4.79 Å². The third-order valence-corrected chi connectivity index (χ3v) is 7.93. The summed E-state index contributed by atoms with van der Waals surface area (Å²) < 4.78 is 13.0. The molecule has 7 rings (SSSR count). The molecular formula is C34H28N4O4. The highest BCUT2D eigenvalue weighted by Crippen LogP contribution is 2.45. The Bertz CT molecular complexity index is 2160. The number of anilines is 1. The van der Waals surface area contributed by atoms with Crippen LogP contribution in [0, 0.1) is 11.3 Å². The lowest BCUT2D eigenvalue weighted by molar-refractivity contribution is -0.137. The second-order valence-electron chi connectivity index (χ2n) is 10.6. The van der Waals surface area contributed by atoms with E-state index in [-0.39, 0.29) is 6.42 Å². The topological polar surface area (TPSA) is 119 Å². The Labute approximate surface area is 240 Å². The van der Waals surface area contributed by atoms with E-state index in [2.05, 4.69) is 47.1 Å². The Kier molecular flexibility index (Phi) is 6.28. The number of hydrogen-bond acceptors (Lipinski definition) is 6. The number of hydrogen-bond donors (Lipinski definition) is 2. The third-order valence-electron chi connectivity index (χ3n) is 7.93. The molecule has 0 spiro atoms. The lowest BCUT2D eigenvalue weighted by Gasteiger charge is -2.24. The maximum atomic E-state index is 11.1. The summed E-state index contributed by atoms with van der Waals surface area (Å²) in [5.41, 5.74) is 6.84. The summed E-state index contributed by atoms with van der Waals surface area (Å²) in [7, 11) is 0. The minimum atomic E-state index is -0.780. The van der Waals surface area contributed by atoms with Crippen LogP contribution in [0.15, 0.2) is 75.6 Å². The molecule has 208 valence electrons. The smallest absolute Gasteiger partial charge is 0.303 e. The number of benzene rings is 4. The number of aromatic amines is 1. The Morgan fingerprint density at radius 1 is 0.976 bits per heavy atom. The average Bonchev–Trinajstić information content (AvgIpc) is 3.71. The van der Waals surface area contributed by atoms with Gasteiger partial charge in [0.05, 0.1) is 17.1 Å². The first kappa shape index (κ1) is 25.7. The van der Waals surface area contributed by atoms with E-state index in [1.807, 2.05) is 30.3 Å². The van der Waals surface area contributed by atoms with E-state index in [0.717, 1.165) is 68.8 Å². The summed E-state index contributed by atoms with van der Waals surface area (Å²) >= 11 is 0. The zero-order chi connectivity index (χ0) is 28.8. The maximum absolute atomic E-state index is 11.1. The first-order valence-corrected chi connectivity index (χ1v) is 14.2. The van der Waals surface area contributed by atoms with Crippen molar-refractivity contribution in [3.8, 4) is 17.5 Å². The van der Waals surface area contributed by atoms with Gasteiger partial charge in [0.15, 0.2) is 16.7 Å². The minimum absolute atomic E-state index is 0.139. The van der Waals surface area contributed by atoms with E-state index in [1.54, 1.807) is 12.1 Å². The van der Waals surface area contributed by atoms with Crippen molar-refractivity contribution >= 4 is 66.5 Å². The largest absolute Gasteiger partial charge is 0.481 e. The van der Waals surface area contributed by atoms with Crippen molar-refractivity contribution in [2.75, 3.05) is 18.0 Å². The van der Waals surface area contributed by atoms with Crippen LogP contribution >= 0.6 is 0 Å². The second kappa shape index (κ2) is 10.3. The number of carboxylic acids is 1. The monoisotopic (exact) mass is 556 g/mol. The summed E-state index contributed by atoms with van der Waals surface area (Å²) in [5.74, 6) is -0.329. The molecule has 8 heteroatoms. The van der Waals surface area contributed by atoms with Gasteiger partial charge in [-0.2, -0.15) is 5.26 Å². The Balaban J connectivity index is 1.46. The Hall–Kier alpha value is -5.29. The van der Waals surface area contributed by atoms with Crippen molar-refractivity contribution in [2.24, 2.45) is 0 Å². The lowest BCUT2D eigenvalue weighted by Crippen LogP contribution is -2.26. The molecule has 7 aromatic rings. The molecule has 0 atom stereocenters. The molecule has 0 aliphatic carbocycles. The number of carboxylic acid groups (broad SMARTS) is 1. The first-order chi connectivity index (χ1) is 20.6. The van der Waals surface area contributed by atoms with Crippen molar-refractivity contribution in [2.45, 2.75) is 32.6 Å². The van der Waals surface area contributed by atoms with E-state index >= 15 is 0 Å². The fourth-order valence-corrected chi connectivity index (χ4v) is 5.86. The number of furan rings is 1. The van der Waals surface area contributed by atoms with Crippen LogP contribution in [0.1, 0.15) is 38.2 Å². The van der Waals surface area contributed by atoms with Gasteiger partial charge in [-0.1, -0.05) is 31.5 Å². The van der Waals surface area contributed by atoms with E-state index in [0.29, 0.717) is 41.1 Å². The molecule has 4 aromatic carbocycles. The quantitative estimate of drug-likeness (QED) is 0.183. The number of H-pyrrole nitrogens is 1. The highest BCUT2D eigenvalue weighted by Gasteiger charge is 2.24. The molecule has 0 unspecified atom stereocenters. The molecular weight excluding hydrogens is 528 g/mol. The van der Waals surface area contributed by atoms with Gasteiger partial charge in [0, 0.05) is 63.9 Å². The predicted molar refractivity (Wildman–Crippen MR) is 165 cm³/mol. The lowest BCUT2D eigenvalue weighted by atomic mass is 10.0. The zero-order valence-electron chi connectivity index (χ0n) is 23.1. The van der Waals surface area contributed by atoms with Crippen molar-refractivity contribution < 1.29 is 18.7 Å². The average molecular weight is 557 g/mol. The van der Waals surface area contributed by atoms with Gasteiger partial charge in [-0.15, -0.1) is 0 Å². The van der Waals surface area contributed by atoms with Crippen LogP contribution in [0.3, 0.4) is 0 Å². The Morgan fingerprint density at radius 3 is 2.57 bits per heavy atom. The minimum Gasteiger partial charge on any atom is -0.481 e. The molecule has 3 heterocycles. The van der Waals surface area contributed by atoms with E-state index in [4.69, 9.17) is 18.9 Å². The summed E-state index contributed by atoms with van der Waals surface area (Å²) in [6.07, 6.45) is 2.77. The first-order valence-electron chi connectivity index (χ1n) is 14.2. The number of oxazole rings is 1. The molecule has 2 N–H and O–H groups in total. The summed E-state index contributed by atoms with van der Waals surface area (Å²) in [6.45, 7) is 3.65.